The number of carbonyl (C=O) groups is 1. The van der Waals surface area contributed by atoms with E-state index in [2.05, 4.69) is 56.6 Å². The van der Waals surface area contributed by atoms with E-state index in [-0.39, 0.29) is 17.5 Å². The van der Waals surface area contributed by atoms with E-state index in [0.29, 0.717) is 41.3 Å². The third-order valence-electron chi connectivity index (χ3n) is 4.63. The second kappa shape index (κ2) is 8.91. The first-order chi connectivity index (χ1) is 14.1. The molecule has 2 aromatic heterocycles. The van der Waals surface area contributed by atoms with Crippen LogP contribution in [0.15, 0.2) is 18.3 Å². The van der Waals surface area contributed by atoms with E-state index < -0.39 is 0 Å². The Kier molecular flexibility index (Phi) is 6.50. The summed E-state index contributed by atoms with van der Waals surface area (Å²) >= 11 is 6.23. The maximum atomic E-state index is 11.4. The fourth-order valence-electron chi connectivity index (χ4n) is 3.37. The van der Waals surface area contributed by atoms with Gasteiger partial charge in [0.1, 0.15) is 0 Å². The lowest BCUT2D eigenvalue weighted by molar-refractivity contribution is -0.350. The van der Waals surface area contributed by atoms with Crippen LogP contribution in [0.5, 0.6) is 0 Å². The molecule has 0 bridgehead atoms. The van der Waals surface area contributed by atoms with Crippen molar-refractivity contribution in [3.05, 3.63) is 29.0 Å². The lowest BCUT2D eigenvalue weighted by Crippen LogP contribution is -2.38. The molecule has 0 radical (unpaired) electrons. The Bertz CT molecular complexity index is 914. The first-order valence-electron chi connectivity index (χ1n) is 9.98. The summed E-state index contributed by atoms with van der Waals surface area (Å²) in [6.07, 6.45) is 2.55. The second-order valence-electron chi connectivity index (χ2n) is 8.49. The number of aromatic nitrogens is 3. The highest BCUT2D eigenvalue weighted by atomic mass is 35.5. The van der Waals surface area contributed by atoms with Crippen molar-refractivity contribution in [1.82, 2.24) is 15.3 Å². The van der Waals surface area contributed by atoms with Crippen LogP contribution in [0.3, 0.4) is 0 Å². The quantitative estimate of drug-likeness (QED) is 0.549. The van der Waals surface area contributed by atoms with Crippen LogP contribution >= 0.6 is 11.6 Å². The van der Waals surface area contributed by atoms with Crippen LogP contribution < -0.4 is 31.6 Å². The summed E-state index contributed by atoms with van der Waals surface area (Å²) < 4.78 is 0. The molecule has 2 aromatic rings. The number of anilines is 4. The zero-order chi connectivity index (χ0) is 21.9. The zero-order valence-corrected chi connectivity index (χ0v) is 18.6. The third kappa shape index (κ3) is 5.63. The van der Waals surface area contributed by atoms with Gasteiger partial charge < -0.3 is 21.3 Å². The van der Waals surface area contributed by atoms with Gasteiger partial charge in [-0.2, -0.15) is 0 Å². The molecule has 3 heterocycles. The van der Waals surface area contributed by atoms with Gasteiger partial charge in [0, 0.05) is 13.1 Å². The van der Waals surface area contributed by atoms with Crippen molar-refractivity contribution in [2.75, 3.05) is 34.4 Å². The number of pyridine rings is 1. The number of H-pyrrole nitrogens is 1. The van der Waals surface area contributed by atoms with Crippen molar-refractivity contribution in [1.29, 1.82) is 0 Å². The minimum Gasteiger partial charge on any atom is -0.390 e. The maximum absolute atomic E-state index is 11.4. The first-order valence-corrected chi connectivity index (χ1v) is 10.4. The minimum atomic E-state index is -0.192. The average molecular weight is 434 g/mol. The molecule has 1 atom stereocenters. The second-order valence-corrected chi connectivity index (χ2v) is 8.90. The topological polar surface area (TPSA) is 122 Å². The molecule has 1 amide bonds. The Labute approximate surface area is 181 Å². The number of carbonyl (C=O) groups excluding carboxylic acids is 1. The molecular formula is C20H30ClN8O+. The van der Waals surface area contributed by atoms with Gasteiger partial charge in [0.15, 0.2) is 5.69 Å². The monoisotopic (exact) mass is 433 g/mol. The average Bonchev–Trinajstić information content (AvgIpc) is 3.09. The van der Waals surface area contributed by atoms with Crippen molar-refractivity contribution >= 4 is 40.8 Å². The Balaban J connectivity index is 1.88. The predicted molar refractivity (Wildman–Crippen MR) is 120 cm³/mol. The molecule has 30 heavy (non-hydrogen) atoms. The molecule has 1 fully saturated rings. The van der Waals surface area contributed by atoms with Gasteiger partial charge in [0.05, 0.1) is 41.9 Å². The van der Waals surface area contributed by atoms with Gasteiger partial charge in [-0.3, -0.25) is 15.1 Å². The number of rotatable bonds is 6. The van der Waals surface area contributed by atoms with E-state index in [1.165, 1.54) is 6.92 Å². The van der Waals surface area contributed by atoms with Gasteiger partial charge in [0.2, 0.25) is 17.5 Å². The lowest BCUT2D eigenvalue weighted by Gasteiger charge is -2.21. The van der Waals surface area contributed by atoms with Crippen LogP contribution in [0.2, 0.25) is 5.02 Å². The third-order valence-corrected chi connectivity index (χ3v) is 4.98. The first kappa shape index (κ1) is 21.9. The molecule has 1 aliphatic rings. The van der Waals surface area contributed by atoms with Crippen molar-refractivity contribution in [2.45, 2.75) is 52.2 Å². The van der Waals surface area contributed by atoms with Gasteiger partial charge in [-0.15, -0.1) is 0 Å². The van der Waals surface area contributed by atoms with Crippen LogP contribution in [-0.4, -0.2) is 40.5 Å². The van der Waals surface area contributed by atoms with Crippen molar-refractivity contribution in [2.24, 2.45) is 0 Å². The Morgan fingerprint density at radius 1 is 1.43 bits per heavy atom. The smallest absolute Gasteiger partial charge is 0.347 e. The Hall–Kier alpha value is -2.81. The maximum Gasteiger partial charge on any atom is 0.347 e. The number of amides is 1. The molecule has 10 heteroatoms. The lowest BCUT2D eigenvalue weighted by atomic mass is 10.1. The van der Waals surface area contributed by atoms with E-state index in [0.717, 1.165) is 18.8 Å². The van der Waals surface area contributed by atoms with Gasteiger partial charge in [-0.1, -0.05) is 16.6 Å². The number of nitrogens with two attached hydrogens (primary N) is 1. The van der Waals surface area contributed by atoms with E-state index in [9.17, 15) is 4.79 Å². The summed E-state index contributed by atoms with van der Waals surface area (Å²) in [7, 11) is 0. The molecule has 1 aliphatic heterocycles. The molecule has 6 N–H and O–H groups in total. The highest BCUT2D eigenvalue weighted by Gasteiger charge is 2.31. The van der Waals surface area contributed by atoms with Crippen molar-refractivity contribution < 1.29 is 9.78 Å². The molecule has 0 aromatic carbocycles. The summed E-state index contributed by atoms with van der Waals surface area (Å²) in [5, 5.41) is 10.2. The fourth-order valence-corrected chi connectivity index (χ4v) is 3.56. The van der Waals surface area contributed by atoms with Crippen molar-refractivity contribution in [3.63, 3.8) is 0 Å². The number of hydrogen-bond acceptors (Lipinski definition) is 7. The fraction of sp³-hybridized carbons (Fsp3) is 0.500. The normalized spacial score (nSPS) is 16.4. The van der Waals surface area contributed by atoms with Crippen LogP contribution in [0.4, 0.5) is 23.3 Å². The van der Waals surface area contributed by atoms with Crippen molar-refractivity contribution in [3.8, 4) is 0 Å². The number of nitrogens with one attached hydrogen (secondary N) is 4. The summed E-state index contributed by atoms with van der Waals surface area (Å²) in [4.78, 5) is 25.8. The molecule has 162 valence electrons. The van der Waals surface area contributed by atoms with E-state index in [1.807, 2.05) is 0 Å². The van der Waals surface area contributed by atoms with Gasteiger partial charge in [-0.25, -0.2) is 4.98 Å². The Morgan fingerprint density at radius 2 is 2.20 bits per heavy atom. The largest absolute Gasteiger partial charge is 0.390 e. The van der Waals surface area contributed by atoms with Gasteiger partial charge >= 0.3 is 5.95 Å². The van der Waals surface area contributed by atoms with Gasteiger partial charge in [-0.05, 0) is 39.3 Å². The van der Waals surface area contributed by atoms with Gasteiger partial charge in [0.25, 0.3) is 0 Å². The molecular weight excluding hydrogens is 404 g/mol. The summed E-state index contributed by atoms with van der Waals surface area (Å²) in [5.41, 5.74) is 7.51. The molecule has 0 unspecified atom stereocenters. The molecule has 0 aliphatic carbocycles. The van der Waals surface area contributed by atoms with E-state index in [4.69, 9.17) is 17.3 Å². The van der Waals surface area contributed by atoms with Crippen LogP contribution in [0.25, 0.3) is 0 Å². The molecule has 3 rings (SSSR count). The summed E-state index contributed by atoms with van der Waals surface area (Å²) in [6, 6.07) is 3.68. The minimum absolute atomic E-state index is 0.0294. The van der Waals surface area contributed by atoms with Crippen LogP contribution in [0.1, 0.15) is 39.8 Å². The standard InChI is InChI=1S/C20H29ClN8O/c1-12(30)25-13-7-9-29(11-13)18-16(22)17(26-19(27-18)28-20(2,3)4)24-10-15-14(21)6-5-8-23-15/h5-6,8,13H,7,9-11,22H2,1-4H3,(H,25,30)(H2,24,26,27,28)/p+1/t13-/m0/s1. The SMILES string of the molecule is CC(=O)N[C@H]1CCN(c2[nH+]c(NC(C)(C)C)nc(NCc3ncccc3Cl)c2N)C1. The predicted octanol–water partition coefficient (Wildman–Crippen LogP) is 2.06. The summed E-state index contributed by atoms with van der Waals surface area (Å²) in [6.45, 7) is 9.54. The van der Waals surface area contributed by atoms with E-state index in [1.54, 1.807) is 18.3 Å². The number of aromatic amines is 1. The molecule has 9 nitrogen and oxygen atoms in total. The summed E-state index contributed by atoms with van der Waals surface area (Å²) in [5.74, 6) is 1.88. The molecule has 0 saturated carbocycles. The van der Waals surface area contributed by atoms with Crippen LogP contribution in [0, 0.1) is 0 Å². The highest BCUT2D eigenvalue weighted by molar-refractivity contribution is 6.31. The molecule has 1 saturated heterocycles. The number of nitrogen functional groups attached to an aromatic ring is 1. The molecule has 0 spiro atoms. The zero-order valence-electron chi connectivity index (χ0n) is 17.8. The van der Waals surface area contributed by atoms with E-state index >= 15 is 0 Å². The highest BCUT2D eigenvalue weighted by Crippen LogP contribution is 2.29. The number of halogens is 1. The number of hydrogen-bond donors (Lipinski definition) is 4. The number of nitrogens with zero attached hydrogens (tertiary/aromatic N) is 3. The van der Waals surface area contributed by atoms with Crippen LogP contribution in [-0.2, 0) is 11.3 Å². The Morgan fingerprint density at radius 3 is 2.87 bits per heavy atom.